The molecule has 0 aromatic carbocycles. The fraction of sp³-hybridized carbons (Fsp3) is 1.00. The first-order valence-electron chi connectivity index (χ1n) is 10.2. The van der Waals surface area contributed by atoms with Crippen LogP contribution in [0.3, 0.4) is 0 Å². The van der Waals surface area contributed by atoms with Gasteiger partial charge < -0.3 is 10.2 Å². The number of aliphatic hydroxyl groups is 2. The van der Waals surface area contributed by atoms with E-state index in [4.69, 9.17) is 0 Å². The van der Waals surface area contributed by atoms with Gasteiger partial charge in [-0.3, -0.25) is 0 Å². The highest BCUT2D eigenvalue weighted by molar-refractivity contribution is 5.11. The Hall–Kier alpha value is -0.0800. The van der Waals surface area contributed by atoms with Crippen molar-refractivity contribution >= 4 is 0 Å². The smallest absolute Gasteiger partial charge is 0.0601 e. The summed E-state index contributed by atoms with van der Waals surface area (Å²) < 4.78 is 0. The Morgan fingerprint density at radius 1 is 0.913 bits per heavy atom. The maximum Gasteiger partial charge on any atom is 0.0601 e. The van der Waals surface area contributed by atoms with Crippen molar-refractivity contribution < 1.29 is 10.2 Å². The van der Waals surface area contributed by atoms with Crippen molar-refractivity contribution in [2.75, 3.05) is 0 Å². The Bertz CT molecular complexity index is 461. The van der Waals surface area contributed by atoms with Crippen molar-refractivity contribution in [3.05, 3.63) is 0 Å². The molecule has 0 heterocycles. The van der Waals surface area contributed by atoms with Crippen LogP contribution in [0.5, 0.6) is 0 Å². The number of aliphatic hydroxyl groups excluding tert-OH is 2. The molecule has 0 saturated heterocycles. The molecule has 4 aliphatic carbocycles. The molecule has 4 saturated carbocycles. The molecule has 0 bridgehead atoms. The van der Waals surface area contributed by atoms with Crippen molar-refractivity contribution in [1.82, 2.24) is 0 Å². The highest BCUT2D eigenvalue weighted by Gasteiger charge is 2.62. The van der Waals surface area contributed by atoms with E-state index in [1.807, 2.05) is 6.92 Å². The van der Waals surface area contributed by atoms with Crippen molar-refractivity contribution in [3.63, 3.8) is 0 Å². The van der Waals surface area contributed by atoms with Crippen LogP contribution in [0.2, 0.25) is 0 Å². The molecule has 4 aliphatic rings. The fourth-order valence-electron chi connectivity index (χ4n) is 8.22. The third-order valence-corrected chi connectivity index (χ3v) is 9.21. The Kier molecular flexibility index (Phi) is 3.89. The normalized spacial score (nSPS) is 57.3. The van der Waals surface area contributed by atoms with E-state index in [2.05, 4.69) is 13.8 Å². The van der Waals surface area contributed by atoms with Crippen LogP contribution in [-0.2, 0) is 0 Å². The van der Waals surface area contributed by atoms with Crippen LogP contribution >= 0.6 is 0 Å². The largest absolute Gasteiger partial charge is 0.393 e. The Labute approximate surface area is 142 Å². The summed E-state index contributed by atoms with van der Waals surface area (Å²) in [7, 11) is 0. The van der Waals surface area contributed by atoms with Crippen LogP contribution < -0.4 is 0 Å². The minimum atomic E-state index is -0.377. The van der Waals surface area contributed by atoms with Gasteiger partial charge in [0.15, 0.2) is 0 Å². The van der Waals surface area contributed by atoms with Crippen molar-refractivity contribution in [2.24, 2.45) is 40.4 Å². The monoisotopic (exact) mass is 320 g/mol. The molecule has 0 amide bonds. The molecule has 0 spiro atoms. The second-order valence-corrected chi connectivity index (χ2v) is 10.0. The van der Waals surface area contributed by atoms with E-state index < -0.39 is 0 Å². The third-order valence-electron chi connectivity index (χ3n) is 9.21. The van der Waals surface area contributed by atoms with E-state index in [9.17, 15) is 10.2 Å². The highest BCUT2D eigenvalue weighted by Crippen LogP contribution is 2.67. The first-order valence-corrected chi connectivity index (χ1v) is 10.2. The van der Waals surface area contributed by atoms with Gasteiger partial charge in [-0.05, 0) is 86.4 Å². The summed E-state index contributed by atoms with van der Waals surface area (Å²) in [4.78, 5) is 0. The maximum atomic E-state index is 10.7. The molecule has 0 aromatic rings. The molecular weight excluding hydrogens is 284 g/mol. The average molecular weight is 321 g/mol. The molecule has 9 atom stereocenters. The van der Waals surface area contributed by atoms with Gasteiger partial charge in [0.2, 0.25) is 0 Å². The van der Waals surface area contributed by atoms with Crippen LogP contribution in [0.4, 0.5) is 0 Å². The van der Waals surface area contributed by atoms with Crippen molar-refractivity contribution in [3.8, 4) is 0 Å². The summed E-state index contributed by atoms with van der Waals surface area (Å²) in [6.45, 7) is 6.89. The molecule has 23 heavy (non-hydrogen) atoms. The summed E-state index contributed by atoms with van der Waals surface area (Å²) in [6.07, 6.45) is 11.4. The zero-order valence-corrected chi connectivity index (χ0v) is 15.3. The van der Waals surface area contributed by atoms with E-state index in [-0.39, 0.29) is 23.5 Å². The second kappa shape index (κ2) is 5.46. The van der Waals surface area contributed by atoms with Gasteiger partial charge in [-0.25, -0.2) is 0 Å². The van der Waals surface area contributed by atoms with Crippen molar-refractivity contribution in [1.29, 1.82) is 0 Å². The number of fused-ring (bicyclic) bond motifs is 5. The van der Waals surface area contributed by atoms with Crippen LogP contribution in [0.1, 0.15) is 78.6 Å². The van der Waals surface area contributed by atoms with E-state index in [0.29, 0.717) is 11.3 Å². The maximum absolute atomic E-state index is 10.7. The Morgan fingerprint density at radius 2 is 1.70 bits per heavy atom. The molecular formula is C21H36O2. The summed E-state index contributed by atoms with van der Waals surface area (Å²) in [5, 5.41) is 21.0. The summed E-state index contributed by atoms with van der Waals surface area (Å²) in [5.41, 5.74) is 0.725. The fourth-order valence-corrected chi connectivity index (χ4v) is 8.22. The van der Waals surface area contributed by atoms with Gasteiger partial charge in [0, 0.05) is 5.92 Å². The number of hydrogen-bond acceptors (Lipinski definition) is 2. The summed E-state index contributed by atoms with van der Waals surface area (Å²) >= 11 is 0. The first-order chi connectivity index (χ1) is 10.9. The lowest BCUT2D eigenvalue weighted by Gasteiger charge is -2.60. The third kappa shape index (κ3) is 2.20. The quantitative estimate of drug-likeness (QED) is 0.752. The van der Waals surface area contributed by atoms with Gasteiger partial charge in [0.25, 0.3) is 0 Å². The predicted molar refractivity (Wildman–Crippen MR) is 92.9 cm³/mol. The molecule has 2 heteroatoms. The summed E-state index contributed by atoms with van der Waals surface area (Å²) in [5.74, 6) is 3.35. The van der Waals surface area contributed by atoms with E-state index in [1.165, 1.54) is 51.4 Å². The minimum Gasteiger partial charge on any atom is -0.393 e. The van der Waals surface area contributed by atoms with Gasteiger partial charge in [-0.2, -0.15) is 0 Å². The SMILES string of the molecule is C[C@H](O)[C@H]1[C@H](O)C[C@H]2[C@@H]3CC[C@H]4CCCC[C@]4(C)[C@H]3CC[C@]12C. The molecule has 2 N–H and O–H groups in total. The van der Waals surface area contributed by atoms with Crippen LogP contribution in [0.25, 0.3) is 0 Å². The molecule has 0 aliphatic heterocycles. The Balaban J connectivity index is 1.64. The van der Waals surface area contributed by atoms with Crippen molar-refractivity contribution in [2.45, 2.75) is 90.8 Å². The van der Waals surface area contributed by atoms with E-state index in [0.717, 1.165) is 24.2 Å². The topological polar surface area (TPSA) is 40.5 Å². The first kappa shape index (κ1) is 16.4. The second-order valence-electron chi connectivity index (χ2n) is 10.0. The minimum absolute atomic E-state index is 0.0883. The van der Waals surface area contributed by atoms with Gasteiger partial charge in [-0.15, -0.1) is 0 Å². The van der Waals surface area contributed by atoms with Crippen LogP contribution in [-0.4, -0.2) is 22.4 Å². The zero-order chi connectivity index (χ0) is 16.4. The Morgan fingerprint density at radius 3 is 2.43 bits per heavy atom. The molecule has 4 rings (SSSR count). The zero-order valence-electron chi connectivity index (χ0n) is 15.3. The van der Waals surface area contributed by atoms with E-state index >= 15 is 0 Å². The van der Waals surface area contributed by atoms with Crippen LogP contribution in [0.15, 0.2) is 0 Å². The number of hydrogen-bond donors (Lipinski definition) is 2. The lowest BCUT2D eigenvalue weighted by molar-refractivity contribution is -0.120. The average Bonchev–Trinajstić information content (AvgIpc) is 2.77. The molecule has 2 nitrogen and oxygen atoms in total. The van der Waals surface area contributed by atoms with Crippen LogP contribution in [0, 0.1) is 40.4 Å². The lowest BCUT2D eigenvalue weighted by Crippen LogP contribution is -2.53. The summed E-state index contributed by atoms with van der Waals surface area (Å²) in [6, 6.07) is 0. The molecule has 0 radical (unpaired) electrons. The molecule has 4 fully saturated rings. The molecule has 132 valence electrons. The van der Waals surface area contributed by atoms with Gasteiger partial charge in [0.1, 0.15) is 0 Å². The number of rotatable bonds is 1. The van der Waals surface area contributed by atoms with Gasteiger partial charge in [0.05, 0.1) is 12.2 Å². The molecule has 0 aromatic heterocycles. The predicted octanol–water partition coefficient (Wildman–Crippen LogP) is 4.39. The lowest BCUT2D eigenvalue weighted by atomic mass is 9.45. The van der Waals surface area contributed by atoms with Gasteiger partial charge >= 0.3 is 0 Å². The standard InChI is InChI=1S/C21H36O2/c1-13(22)19-18(23)12-17-15-8-7-14-6-4-5-10-20(14,2)16(15)9-11-21(17,19)3/h13-19,22-23H,4-12H2,1-3H3/t13-,14+,15+,16-,17-,18+,19-,20-,21-/m0/s1. The van der Waals surface area contributed by atoms with Gasteiger partial charge in [-0.1, -0.05) is 26.7 Å². The highest BCUT2D eigenvalue weighted by atomic mass is 16.3. The molecule has 0 unspecified atom stereocenters. The van der Waals surface area contributed by atoms with E-state index in [1.54, 1.807) is 0 Å².